The highest BCUT2D eigenvalue weighted by Gasteiger charge is 2.14. The first kappa shape index (κ1) is 21.3. The van der Waals surface area contributed by atoms with Crippen LogP contribution in [-0.2, 0) is 11.3 Å². The molecule has 1 heterocycles. The van der Waals surface area contributed by atoms with Crippen LogP contribution in [0.25, 0.3) is 10.9 Å². The molecule has 0 aliphatic carbocycles. The fraction of sp³-hybridized carbons (Fsp3) is 0.0870. The number of hydrogen-bond donors (Lipinski definition) is 1. The van der Waals surface area contributed by atoms with Crippen molar-refractivity contribution in [3.8, 4) is 0 Å². The number of para-hydroxylation sites is 1. The molecule has 0 fully saturated rings. The van der Waals surface area contributed by atoms with Gasteiger partial charge < -0.3 is 5.32 Å². The molecule has 0 spiro atoms. The molecule has 1 amide bonds. The smallest absolute Gasteiger partial charge is 0.271 e. The molecule has 0 bridgehead atoms. The van der Waals surface area contributed by atoms with Crippen LogP contribution in [0.2, 0.25) is 0 Å². The Kier molecular flexibility index (Phi) is 6.27. The van der Waals surface area contributed by atoms with Gasteiger partial charge in [0.25, 0.3) is 11.2 Å². The van der Waals surface area contributed by atoms with Crippen LogP contribution in [0.5, 0.6) is 0 Å². The molecular formula is C23H18N4O4S. The summed E-state index contributed by atoms with van der Waals surface area (Å²) in [5.41, 5.74) is 1.54. The molecule has 1 N–H and O–H groups in total. The van der Waals surface area contributed by atoms with Crippen molar-refractivity contribution in [2.24, 2.45) is 0 Å². The Balaban J connectivity index is 1.58. The van der Waals surface area contributed by atoms with Crippen LogP contribution in [0, 0.1) is 10.1 Å². The number of thioether (sulfide) groups is 1. The van der Waals surface area contributed by atoms with Gasteiger partial charge in [0.2, 0.25) is 5.91 Å². The summed E-state index contributed by atoms with van der Waals surface area (Å²) >= 11 is 1.14. The third-order valence-corrected chi connectivity index (χ3v) is 5.66. The van der Waals surface area contributed by atoms with Gasteiger partial charge in [-0.05, 0) is 23.8 Å². The summed E-state index contributed by atoms with van der Waals surface area (Å²) in [5, 5.41) is 14.5. The van der Waals surface area contributed by atoms with Crippen molar-refractivity contribution in [3.63, 3.8) is 0 Å². The second kappa shape index (κ2) is 9.44. The summed E-state index contributed by atoms with van der Waals surface area (Å²) in [6, 6.07) is 22.4. The third-order valence-electron chi connectivity index (χ3n) is 4.68. The SMILES string of the molecule is O=C(CSc1nc2ccccc2c(=O)n1Cc1ccccc1)Nc1cccc([N+](=O)[O-])c1. The van der Waals surface area contributed by atoms with E-state index in [4.69, 9.17) is 0 Å². The van der Waals surface area contributed by atoms with E-state index in [0.29, 0.717) is 28.3 Å². The number of nitrogens with zero attached hydrogens (tertiary/aromatic N) is 3. The van der Waals surface area contributed by atoms with Crippen molar-refractivity contribution < 1.29 is 9.72 Å². The second-order valence-electron chi connectivity index (χ2n) is 6.93. The van der Waals surface area contributed by atoms with Gasteiger partial charge in [-0.1, -0.05) is 60.3 Å². The standard InChI is InChI=1S/C23H18N4O4S/c28-21(24-17-9-6-10-18(13-17)27(30)31)15-32-23-25-20-12-5-4-11-19(20)22(29)26(23)14-16-7-2-1-3-8-16/h1-13H,14-15H2,(H,24,28). The maximum absolute atomic E-state index is 13.1. The average molecular weight is 446 g/mol. The number of non-ortho nitro benzene ring substituents is 1. The molecule has 1 aromatic heterocycles. The Labute approximate surface area is 187 Å². The topological polar surface area (TPSA) is 107 Å². The number of hydrogen-bond acceptors (Lipinski definition) is 6. The lowest BCUT2D eigenvalue weighted by Crippen LogP contribution is -2.24. The van der Waals surface area contributed by atoms with Crippen LogP contribution in [0.3, 0.4) is 0 Å². The minimum Gasteiger partial charge on any atom is -0.325 e. The Morgan fingerprint density at radius 3 is 2.56 bits per heavy atom. The lowest BCUT2D eigenvalue weighted by molar-refractivity contribution is -0.384. The number of rotatable bonds is 7. The Morgan fingerprint density at radius 1 is 1.03 bits per heavy atom. The molecule has 0 saturated carbocycles. The number of nitro groups is 1. The van der Waals surface area contributed by atoms with Crippen LogP contribution in [0.15, 0.2) is 88.8 Å². The van der Waals surface area contributed by atoms with E-state index >= 15 is 0 Å². The molecule has 0 aliphatic rings. The predicted molar refractivity (Wildman–Crippen MR) is 124 cm³/mol. The van der Waals surface area contributed by atoms with E-state index in [1.54, 1.807) is 34.9 Å². The highest BCUT2D eigenvalue weighted by Crippen LogP contribution is 2.21. The molecule has 4 rings (SSSR count). The molecule has 3 aromatic carbocycles. The predicted octanol–water partition coefficient (Wildman–Crippen LogP) is 4.08. The summed E-state index contributed by atoms with van der Waals surface area (Å²) in [4.78, 5) is 40.6. The first-order valence-electron chi connectivity index (χ1n) is 9.72. The van der Waals surface area contributed by atoms with Crippen molar-refractivity contribution in [1.29, 1.82) is 0 Å². The fourth-order valence-corrected chi connectivity index (χ4v) is 3.99. The summed E-state index contributed by atoms with van der Waals surface area (Å²) in [6.07, 6.45) is 0. The second-order valence-corrected chi connectivity index (χ2v) is 7.88. The summed E-state index contributed by atoms with van der Waals surface area (Å²) in [6.45, 7) is 0.326. The number of carbonyl (C=O) groups excluding carboxylic acids is 1. The summed E-state index contributed by atoms with van der Waals surface area (Å²) in [5.74, 6) is -0.369. The Hall–Kier alpha value is -3.98. The first-order valence-corrected chi connectivity index (χ1v) is 10.7. The third kappa shape index (κ3) is 4.84. The molecule has 32 heavy (non-hydrogen) atoms. The van der Waals surface area contributed by atoms with E-state index in [1.165, 1.54) is 18.2 Å². The molecule has 4 aromatic rings. The number of aromatic nitrogens is 2. The summed E-state index contributed by atoms with van der Waals surface area (Å²) < 4.78 is 1.56. The van der Waals surface area contributed by atoms with Gasteiger partial charge in [0.1, 0.15) is 0 Å². The Morgan fingerprint density at radius 2 is 1.78 bits per heavy atom. The van der Waals surface area contributed by atoms with Gasteiger partial charge in [-0.15, -0.1) is 0 Å². The lowest BCUT2D eigenvalue weighted by atomic mass is 10.2. The molecule has 160 valence electrons. The van der Waals surface area contributed by atoms with Crippen LogP contribution in [0.1, 0.15) is 5.56 Å². The van der Waals surface area contributed by atoms with E-state index in [1.807, 2.05) is 30.3 Å². The van der Waals surface area contributed by atoms with E-state index < -0.39 is 4.92 Å². The fourth-order valence-electron chi connectivity index (χ4n) is 3.19. The lowest BCUT2D eigenvalue weighted by Gasteiger charge is -2.13. The zero-order valence-electron chi connectivity index (χ0n) is 16.8. The van der Waals surface area contributed by atoms with Crippen LogP contribution in [-0.4, -0.2) is 26.1 Å². The van der Waals surface area contributed by atoms with Gasteiger partial charge in [-0.3, -0.25) is 24.3 Å². The molecule has 0 aliphatic heterocycles. The average Bonchev–Trinajstić information content (AvgIpc) is 2.80. The van der Waals surface area contributed by atoms with E-state index in [0.717, 1.165) is 17.3 Å². The highest BCUT2D eigenvalue weighted by atomic mass is 32.2. The zero-order chi connectivity index (χ0) is 22.5. The molecule has 0 atom stereocenters. The van der Waals surface area contributed by atoms with E-state index in [9.17, 15) is 19.7 Å². The number of carbonyl (C=O) groups is 1. The number of benzene rings is 3. The summed E-state index contributed by atoms with van der Waals surface area (Å²) in [7, 11) is 0. The maximum atomic E-state index is 13.1. The molecule has 0 saturated heterocycles. The van der Waals surface area contributed by atoms with Gasteiger partial charge >= 0.3 is 0 Å². The highest BCUT2D eigenvalue weighted by molar-refractivity contribution is 7.99. The largest absolute Gasteiger partial charge is 0.325 e. The number of amides is 1. The van der Waals surface area contributed by atoms with Crippen molar-refractivity contribution in [2.75, 3.05) is 11.1 Å². The van der Waals surface area contributed by atoms with Crippen molar-refractivity contribution in [1.82, 2.24) is 9.55 Å². The molecule has 0 unspecified atom stereocenters. The maximum Gasteiger partial charge on any atom is 0.271 e. The van der Waals surface area contributed by atoms with Crippen LogP contribution < -0.4 is 10.9 Å². The number of anilines is 1. The van der Waals surface area contributed by atoms with Gasteiger partial charge in [-0.2, -0.15) is 0 Å². The molecule has 0 radical (unpaired) electrons. The van der Waals surface area contributed by atoms with Crippen molar-refractivity contribution in [2.45, 2.75) is 11.7 Å². The number of fused-ring (bicyclic) bond motifs is 1. The molecule has 8 nitrogen and oxygen atoms in total. The quantitative estimate of drug-likeness (QED) is 0.198. The number of nitrogens with one attached hydrogen (secondary N) is 1. The molecule has 9 heteroatoms. The Bertz CT molecular complexity index is 1360. The van der Waals surface area contributed by atoms with E-state index in [-0.39, 0.29) is 22.9 Å². The van der Waals surface area contributed by atoms with Crippen LogP contribution >= 0.6 is 11.8 Å². The van der Waals surface area contributed by atoms with E-state index in [2.05, 4.69) is 10.3 Å². The van der Waals surface area contributed by atoms with Crippen molar-refractivity contribution >= 4 is 39.9 Å². The minimum absolute atomic E-state index is 0.0116. The normalized spacial score (nSPS) is 10.8. The van der Waals surface area contributed by atoms with Gasteiger partial charge in [-0.25, -0.2) is 4.98 Å². The van der Waals surface area contributed by atoms with Gasteiger partial charge in [0, 0.05) is 17.8 Å². The van der Waals surface area contributed by atoms with Gasteiger partial charge in [0.15, 0.2) is 5.16 Å². The minimum atomic E-state index is -0.522. The van der Waals surface area contributed by atoms with Crippen LogP contribution in [0.4, 0.5) is 11.4 Å². The monoisotopic (exact) mass is 446 g/mol. The number of nitro benzene ring substituents is 1. The first-order chi connectivity index (χ1) is 15.5. The van der Waals surface area contributed by atoms with Crippen molar-refractivity contribution in [3.05, 3.63) is 105 Å². The van der Waals surface area contributed by atoms with Gasteiger partial charge in [0.05, 0.1) is 28.1 Å². The zero-order valence-corrected chi connectivity index (χ0v) is 17.6. The molecular weight excluding hydrogens is 428 g/mol.